The van der Waals surface area contributed by atoms with E-state index in [2.05, 4.69) is 6.58 Å². The minimum absolute atomic E-state index is 0.0647. The summed E-state index contributed by atoms with van der Waals surface area (Å²) in [6.07, 6.45) is 3.14. The third-order valence-corrected chi connectivity index (χ3v) is 27.0. The Labute approximate surface area is 412 Å². The number of benzene rings is 18. The van der Waals surface area contributed by atoms with Gasteiger partial charge in [0.05, 0.1) is 18.6 Å². The van der Waals surface area contributed by atoms with Crippen LogP contribution in [0, 0.1) is 11.3 Å². The van der Waals surface area contributed by atoms with E-state index < -0.39 is 22.3 Å². The highest BCUT2D eigenvalue weighted by Gasteiger charge is 2.73. The molecule has 0 saturated heterocycles. The third kappa shape index (κ3) is 1.71. The molecule has 326 valence electrons. The van der Waals surface area contributed by atoms with Crippen molar-refractivity contribution in [3.05, 3.63) is 34.9 Å². The highest BCUT2D eigenvalue weighted by atomic mass is 16.5. The van der Waals surface area contributed by atoms with E-state index in [0.717, 1.165) is 12.8 Å². The molecule has 3 heteroatoms. The van der Waals surface area contributed by atoms with Crippen molar-refractivity contribution in [1.29, 1.82) is 0 Å². The summed E-state index contributed by atoms with van der Waals surface area (Å²) in [5.74, 6) is -0.373. The van der Waals surface area contributed by atoms with Crippen molar-refractivity contribution in [1.82, 2.24) is 0 Å². The quantitative estimate of drug-likeness (QED) is 0.103. The van der Waals surface area contributed by atoms with Gasteiger partial charge in [-0.25, -0.2) is 0 Å². The van der Waals surface area contributed by atoms with Crippen LogP contribution in [0.25, 0.3) is 291 Å². The first-order chi connectivity index (χ1) is 36.9. The first kappa shape index (κ1) is 30.1. The van der Waals surface area contributed by atoms with Gasteiger partial charge >= 0.3 is 5.97 Å². The molecule has 2 spiro atoms. The zero-order valence-electron chi connectivity index (χ0n) is 39.5. The molecule has 5 aliphatic carbocycles. The maximum atomic E-state index is 15.8. The van der Waals surface area contributed by atoms with E-state index in [0.29, 0.717) is 6.42 Å². The van der Waals surface area contributed by atoms with Crippen molar-refractivity contribution in [2.75, 3.05) is 6.61 Å². The van der Waals surface area contributed by atoms with Crippen LogP contribution in [0.2, 0.25) is 0 Å². The second-order valence-electron chi connectivity index (χ2n) is 28.3. The number of carbonyl (C=O) groups is 1. The standard InChI is InChI=1S/C72H20O3/c1-4-5-10(73)70(2,3)8-75-69(74)9-6-71-65-57-49-39-29-21-13-11-12-15-19-17(13)25-33-27(19)37-31-23(15)24-16(12)20-18-14(11)22(21)30-36-26(18)34-28(20)38-32(24)42-41(31)51-45(37)55-47(33)53(43(49)35(25)29)61(65)63(55)67-59(51)60-52(42)46(38)56-48(34)54-44(36)50(40(30)39)58(57)66(71)62(54)64(56)68(60)72(67,71)7-9/h4,9-10,73H,1,5-8H2,2-3H3. The summed E-state index contributed by atoms with van der Waals surface area (Å²) >= 11 is 0. The van der Waals surface area contributed by atoms with Gasteiger partial charge in [-0.05, 0) is 332 Å². The van der Waals surface area contributed by atoms with Crippen molar-refractivity contribution in [3.63, 3.8) is 0 Å². The monoisotopic (exact) mass is 932 g/mol. The summed E-state index contributed by atoms with van der Waals surface area (Å²) in [4.78, 5) is 15.8. The molecule has 0 aliphatic heterocycles. The van der Waals surface area contributed by atoms with E-state index in [4.69, 9.17) is 4.74 Å². The van der Waals surface area contributed by atoms with Crippen LogP contribution in [0.3, 0.4) is 0 Å². The Morgan fingerprint density at radius 3 is 0.747 bits per heavy atom. The van der Waals surface area contributed by atoms with E-state index in [1.54, 1.807) is 319 Å². The average Bonchev–Trinajstić information content (AvgIpc) is 1.85. The summed E-state index contributed by atoms with van der Waals surface area (Å²) in [7, 11) is 0. The second kappa shape index (κ2) is 6.95. The summed E-state index contributed by atoms with van der Waals surface area (Å²) < 4.78 is 6.73. The van der Waals surface area contributed by atoms with Crippen LogP contribution in [-0.4, -0.2) is 23.8 Å². The maximum absolute atomic E-state index is 15.8. The lowest BCUT2D eigenvalue weighted by atomic mass is 9.50. The van der Waals surface area contributed by atoms with Gasteiger partial charge in [0, 0.05) is 16.2 Å². The van der Waals surface area contributed by atoms with E-state index >= 15 is 4.79 Å². The first-order valence-electron chi connectivity index (χ1n) is 28.1. The molecule has 1 N–H and O–H groups in total. The van der Waals surface area contributed by atoms with Gasteiger partial charge in [0.2, 0.25) is 0 Å². The largest absolute Gasteiger partial charge is 0.465 e. The lowest BCUT2D eigenvalue weighted by Crippen LogP contribution is -2.47. The molecule has 1 saturated carbocycles. The molecule has 0 radical (unpaired) electrons. The van der Waals surface area contributed by atoms with Gasteiger partial charge in [0.1, 0.15) is 0 Å². The minimum Gasteiger partial charge on any atom is -0.465 e. The number of hydrogen-bond donors (Lipinski definition) is 1. The second-order valence-corrected chi connectivity index (χ2v) is 28.3. The minimum atomic E-state index is -0.646. The Morgan fingerprint density at radius 2 is 0.573 bits per heavy atom. The lowest BCUT2D eigenvalue weighted by molar-refractivity contribution is -0.154. The lowest BCUT2D eigenvalue weighted by Gasteiger charge is -2.50. The van der Waals surface area contributed by atoms with Crippen LogP contribution in [0.4, 0.5) is 0 Å². The van der Waals surface area contributed by atoms with E-state index in [-0.39, 0.29) is 18.5 Å². The number of ether oxygens (including phenoxy) is 1. The molecule has 28 aromatic carbocycles. The van der Waals surface area contributed by atoms with Gasteiger partial charge in [-0.15, -0.1) is 6.58 Å². The first-order valence-corrected chi connectivity index (χ1v) is 28.1. The fraction of sp³-hybridized carbons (Fsp3) is 0.153. The number of carbonyl (C=O) groups excluding carboxylic acids is 1. The summed E-state index contributed by atoms with van der Waals surface area (Å²) in [6, 6.07) is 0. The molecule has 3 nitrogen and oxygen atoms in total. The van der Waals surface area contributed by atoms with Crippen molar-refractivity contribution in [3.8, 4) is 0 Å². The third-order valence-electron chi connectivity index (χ3n) is 27.0. The molecule has 33 rings (SSSR count). The predicted octanol–water partition coefficient (Wildman–Crippen LogP) is 18.2. The normalized spacial score (nSPS) is 23.4. The average molecular weight is 933 g/mol. The number of rotatable bonds is 6. The predicted molar refractivity (Wildman–Crippen MR) is 312 cm³/mol. The summed E-state index contributed by atoms with van der Waals surface area (Å²) in [6.45, 7) is 8.24. The Hall–Kier alpha value is -8.37. The van der Waals surface area contributed by atoms with Crippen LogP contribution >= 0.6 is 0 Å². The van der Waals surface area contributed by atoms with E-state index in [1.165, 1.54) is 0 Å². The fourth-order valence-corrected chi connectivity index (χ4v) is 26.2. The van der Waals surface area contributed by atoms with Gasteiger partial charge in [-0.2, -0.15) is 0 Å². The highest BCUT2D eigenvalue weighted by molar-refractivity contribution is 6.82. The zero-order chi connectivity index (χ0) is 46.0. The zero-order valence-corrected chi connectivity index (χ0v) is 39.5. The maximum Gasteiger partial charge on any atom is 0.309 e. The molecule has 5 aliphatic rings. The topological polar surface area (TPSA) is 46.5 Å². The molecular weight excluding hydrogens is 913 g/mol. The number of aliphatic hydroxyl groups is 1. The molecule has 1 atom stereocenters. The molecule has 1 unspecified atom stereocenters. The Kier molecular flexibility index (Phi) is 2.79. The Bertz CT molecular complexity index is 6810. The van der Waals surface area contributed by atoms with Crippen LogP contribution < -0.4 is 0 Å². The van der Waals surface area contributed by atoms with Crippen LogP contribution in [0.1, 0.15) is 55.4 Å². The Morgan fingerprint density at radius 1 is 0.400 bits per heavy atom. The molecule has 75 heavy (non-hydrogen) atoms. The Balaban J connectivity index is 1.02. The molecular formula is C72H20O3. The van der Waals surface area contributed by atoms with Crippen molar-refractivity contribution >= 4 is 297 Å². The summed E-state index contributed by atoms with van der Waals surface area (Å²) in [5.41, 5.74) is 4.98. The SMILES string of the molecule is C=CCC(O)C(C)(C)COC(=O)C1CC23c4c5c6c7c8c9c(c%10c%11c2c2c4c4c%12c5c5c6c6c8c8c%13c9c9c%10c%10c%11c%11c2c2c4c4c%12c%12c5c5c6c8c6c8c%13c9c9c%10c%10c%11c2c2c4c4c%12c5c6c5c8c9c%10c2c45)C73C1. The van der Waals surface area contributed by atoms with Crippen molar-refractivity contribution in [2.45, 2.75) is 50.0 Å². The molecule has 1 fully saturated rings. The van der Waals surface area contributed by atoms with E-state index in [1.807, 2.05) is 13.8 Å². The molecule has 0 aromatic heterocycles. The van der Waals surface area contributed by atoms with Crippen LogP contribution in [0.15, 0.2) is 12.7 Å². The fourth-order valence-electron chi connectivity index (χ4n) is 26.2. The molecule has 28 aromatic rings. The van der Waals surface area contributed by atoms with Gasteiger partial charge < -0.3 is 9.84 Å². The highest BCUT2D eigenvalue weighted by Crippen LogP contribution is 2.87. The molecule has 0 amide bonds. The van der Waals surface area contributed by atoms with E-state index in [9.17, 15) is 5.11 Å². The van der Waals surface area contributed by atoms with Gasteiger partial charge in [0.15, 0.2) is 0 Å². The number of aliphatic hydroxyl groups excluding tert-OH is 1. The summed E-state index contributed by atoms with van der Waals surface area (Å²) in [5, 5.41) is 97.7. The van der Waals surface area contributed by atoms with Gasteiger partial charge in [0.25, 0.3) is 0 Å². The number of hydrogen-bond acceptors (Lipinski definition) is 3. The number of esters is 1. The van der Waals surface area contributed by atoms with Crippen LogP contribution in [-0.2, 0) is 20.4 Å². The van der Waals surface area contributed by atoms with Gasteiger partial charge in [-0.3, -0.25) is 4.79 Å². The van der Waals surface area contributed by atoms with Gasteiger partial charge in [-0.1, -0.05) is 19.9 Å². The van der Waals surface area contributed by atoms with Crippen molar-refractivity contribution < 1.29 is 14.6 Å². The smallest absolute Gasteiger partial charge is 0.309 e. The van der Waals surface area contributed by atoms with Crippen molar-refractivity contribution in [2.24, 2.45) is 11.3 Å². The molecule has 0 bridgehead atoms. The van der Waals surface area contributed by atoms with Crippen LogP contribution in [0.5, 0.6) is 0 Å². The molecule has 0 heterocycles.